The van der Waals surface area contributed by atoms with Crippen molar-refractivity contribution in [2.45, 2.75) is 19.4 Å². The first-order valence-electron chi connectivity index (χ1n) is 7.15. The number of anilines is 1. The summed E-state index contributed by atoms with van der Waals surface area (Å²) >= 11 is 0. The van der Waals surface area contributed by atoms with Gasteiger partial charge in [-0.25, -0.2) is 0 Å². The molecule has 1 aromatic heterocycles. The average molecular weight is 271 g/mol. The Labute approximate surface area is 118 Å². The molecule has 0 amide bonds. The van der Waals surface area contributed by atoms with Crippen LogP contribution >= 0.6 is 0 Å². The fourth-order valence-electron chi connectivity index (χ4n) is 3.25. The van der Waals surface area contributed by atoms with Crippen molar-refractivity contribution < 1.29 is 0 Å². The summed E-state index contributed by atoms with van der Waals surface area (Å²) in [7, 11) is 1.82. The number of fused-ring (bicyclic) bond motifs is 1. The third kappa shape index (κ3) is 2.20. The minimum Gasteiger partial charge on any atom is -0.369 e. The second-order valence-corrected chi connectivity index (χ2v) is 5.95. The number of pyridine rings is 1. The fourth-order valence-corrected chi connectivity index (χ4v) is 3.25. The lowest BCUT2D eigenvalue weighted by Gasteiger charge is -2.37. The Hall–Kier alpha value is -1.81. The molecule has 3 rings (SSSR count). The maximum atomic E-state index is 12.2. The molecule has 4 nitrogen and oxygen atoms in total. The molecule has 0 radical (unpaired) electrons. The second-order valence-electron chi connectivity index (χ2n) is 5.95. The Morgan fingerprint density at radius 3 is 2.75 bits per heavy atom. The van der Waals surface area contributed by atoms with Crippen LogP contribution in [0.15, 0.2) is 35.1 Å². The van der Waals surface area contributed by atoms with Crippen LogP contribution in [0.3, 0.4) is 0 Å². The molecule has 1 fully saturated rings. The van der Waals surface area contributed by atoms with Gasteiger partial charge in [0.25, 0.3) is 5.56 Å². The molecular formula is C16H21N3O. The lowest BCUT2D eigenvalue weighted by atomic mass is 9.95. The summed E-state index contributed by atoms with van der Waals surface area (Å²) in [6.45, 7) is 4.00. The highest BCUT2D eigenvalue weighted by molar-refractivity contribution is 5.92. The maximum Gasteiger partial charge on any atom is 0.252 e. The molecule has 1 aromatic carbocycles. The number of aryl methyl sites for hydroxylation is 1. The van der Waals surface area contributed by atoms with E-state index in [4.69, 9.17) is 5.73 Å². The van der Waals surface area contributed by atoms with Crippen molar-refractivity contribution in [1.82, 2.24) is 4.57 Å². The smallest absolute Gasteiger partial charge is 0.252 e. The van der Waals surface area contributed by atoms with Gasteiger partial charge < -0.3 is 15.2 Å². The van der Waals surface area contributed by atoms with Gasteiger partial charge in [-0.1, -0.05) is 25.1 Å². The van der Waals surface area contributed by atoms with Crippen LogP contribution in [0.1, 0.15) is 13.3 Å². The summed E-state index contributed by atoms with van der Waals surface area (Å²) in [4.78, 5) is 14.4. The van der Waals surface area contributed by atoms with Crippen LogP contribution < -0.4 is 16.2 Å². The number of rotatable bonds is 1. The lowest BCUT2D eigenvalue weighted by molar-refractivity contribution is 0.402. The zero-order valence-electron chi connectivity index (χ0n) is 12.0. The maximum absolute atomic E-state index is 12.2. The Morgan fingerprint density at radius 2 is 2.00 bits per heavy atom. The minimum atomic E-state index is 0.0329. The minimum absolute atomic E-state index is 0.0329. The number of piperidine rings is 1. The van der Waals surface area contributed by atoms with Crippen LogP contribution in [0, 0.1) is 5.92 Å². The molecule has 2 atom stereocenters. The number of benzene rings is 1. The molecule has 0 spiro atoms. The SMILES string of the molecule is CC1CC(N)CN(c2cc(=O)n(C)c3ccccc23)C1. The highest BCUT2D eigenvalue weighted by Crippen LogP contribution is 2.28. The van der Waals surface area contributed by atoms with Crippen molar-refractivity contribution in [2.75, 3.05) is 18.0 Å². The first kappa shape index (κ1) is 13.2. The van der Waals surface area contributed by atoms with Gasteiger partial charge in [0.2, 0.25) is 0 Å². The van der Waals surface area contributed by atoms with E-state index >= 15 is 0 Å². The highest BCUT2D eigenvalue weighted by atomic mass is 16.1. The van der Waals surface area contributed by atoms with E-state index in [0.29, 0.717) is 5.92 Å². The van der Waals surface area contributed by atoms with Crippen molar-refractivity contribution in [3.8, 4) is 0 Å². The molecule has 0 saturated carbocycles. The molecule has 2 aromatic rings. The van der Waals surface area contributed by atoms with E-state index in [0.717, 1.165) is 36.1 Å². The van der Waals surface area contributed by atoms with Crippen molar-refractivity contribution in [3.05, 3.63) is 40.7 Å². The molecule has 2 heterocycles. The molecule has 4 heteroatoms. The first-order chi connectivity index (χ1) is 9.56. The van der Waals surface area contributed by atoms with Crippen LogP contribution in [-0.4, -0.2) is 23.7 Å². The van der Waals surface area contributed by atoms with Crippen LogP contribution in [0.25, 0.3) is 10.9 Å². The first-order valence-corrected chi connectivity index (χ1v) is 7.15. The van der Waals surface area contributed by atoms with E-state index in [9.17, 15) is 4.79 Å². The van der Waals surface area contributed by atoms with E-state index < -0.39 is 0 Å². The fraction of sp³-hybridized carbons (Fsp3) is 0.438. The van der Waals surface area contributed by atoms with Crippen molar-refractivity contribution in [2.24, 2.45) is 18.7 Å². The number of nitrogens with two attached hydrogens (primary N) is 1. The van der Waals surface area contributed by atoms with Crippen LogP contribution in [0.4, 0.5) is 5.69 Å². The molecule has 1 aliphatic rings. The molecule has 0 bridgehead atoms. The van der Waals surface area contributed by atoms with Gasteiger partial charge in [0.1, 0.15) is 0 Å². The van der Waals surface area contributed by atoms with Crippen LogP contribution in [0.2, 0.25) is 0 Å². The van der Waals surface area contributed by atoms with E-state index in [1.165, 1.54) is 0 Å². The topological polar surface area (TPSA) is 51.3 Å². The molecule has 2 N–H and O–H groups in total. The van der Waals surface area contributed by atoms with Gasteiger partial charge in [0, 0.05) is 37.6 Å². The molecule has 20 heavy (non-hydrogen) atoms. The molecule has 2 unspecified atom stereocenters. The monoisotopic (exact) mass is 271 g/mol. The molecule has 0 aliphatic carbocycles. The summed E-state index contributed by atoms with van der Waals surface area (Å²) in [5.41, 5.74) is 8.17. The van der Waals surface area contributed by atoms with Gasteiger partial charge >= 0.3 is 0 Å². The normalized spacial score (nSPS) is 23.2. The number of nitrogens with zero attached hydrogens (tertiary/aromatic N) is 2. The van der Waals surface area contributed by atoms with E-state index in [1.54, 1.807) is 10.6 Å². The highest BCUT2D eigenvalue weighted by Gasteiger charge is 2.24. The van der Waals surface area contributed by atoms with Crippen LogP contribution in [0.5, 0.6) is 0 Å². The lowest BCUT2D eigenvalue weighted by Crippen LogP contribution is -2.46. The van der Waals surface area contributed by atoms with Crippen molar-refractivity contribution >= 4 is 16.6 Å². The number of aromatic nitrogens is 1. The average Bonchev–Trinajstić information content (AvgIpc) is 2.42. The third-order valence-electron chi connectivity index (χ3n) is 4.16. The zero-order chi connectivity index (χ0) is 14.3. The molecular weight excluding hydrogens is 250 g/mol. The van der Waals surface area contributed by atoms with Gasteiger partial charge in [-0.05, 0) is 18.4 Å². The Morgan fingerprint density at radius 1 is 1.25 bits per heavy atom. The van der Waals surface area contributed by atoms with E-state index in [-0.39, 0.29) is 11.6 Å². The predicted octanol–water partition coefficient (Wildman–Crippen LogP) is 1.71. The summed E-state index contributed by atoms with van der Waals surface area (Å²) in [6.07, 6.45) is 1.05. The quantitative estimate of drug-likeness (QED) is 0.859. The van der Waals surface area contributed by atoms with E-state index in [2.05, 4.69) is 17.9 Å². The Bertz CT molecular complexity index is 682. The van der Waals surface area contributed by atoms with Crippen molar-refractivity contribution in [3.63, 3.8) is 0 Å². The summed E-state index contributed by atoms with van der Waals surface area (Å²) < 4.78 is 1.70. The Kier molecular flexibility index (Phi) is 3.26. The predicted molar refractivity (Wildman–Crippen MR) is 83.2 cm³/mol. The number of hydrogen-bond donors (Lipinski definition) is 1. The Balaban J connectivity index is 2.16. The third-order valence-corrected chi connectivity index (χ3v) is 4.16. The molecule has 106 valence electrons. The number of para-hydroxylation sites is 1. The summed E-state index contributed by atoms with van der Waals surface area (Å²) in [6, 6.07) is 9.98. The summed E-state index contributed by atoms with van der Waals surface area (Å²) in [5.74, 6) is 0.557. The standard InChI is InChI=1S/C16H21N3O/c1-11-7-12(17)10-19(9-11)15-8-16(20)18(2)14-6-4-3-5-13(14)15/h3-6,8,11-12H,7,9-10,17H2,1-2H3. The van der Waals surface area contributed by atoms with Gasteiger partial charge in [-0.15, -0.1) is 0 Å². The largest absolute Gasteiger partial charge is 0.369 e. The van der Waals surface area contributed by atoms with Gasteiger partial charge in [0.15, 0.2) is 0 Å². The van der Waals surface area contributed by atoms with Crippen molar-refractivity contribution in [1.29, 1.82) is 0 Å². The zero-order valence-corrected chi connectivity index (χ0v) is 12.0. The van der Waals surface area contributed by atoms with E-state index in [1.807, 2.05) is 25.2 Å². The van der Waals surface area contributed by atoms with Gasteiger partial charge in [-0.3, -0.25) is 4.79 Å². The van der Waals surface area contributed by atoms with Gasteiger partial charge in [0.05, 0.1) is 11.2 Å². The van der Waals surface area contributed by atoms with Crippen LogP contribution in [-0.2, 0) is 7.05 Å². The summed E-state index contributed by atoms with van der Waals surface area (Å²) in [5, 5.41) is 1.12. The second kappa shape index (κ2) is 4.94. The van der Waals surface area contributed by atoms with Gasteiger partial charge in [-0.2, -0.15) is 0 Å². The molecule has 1 aliphatic heterocycles. The number of hydrogen-bond acceptors (Lipinski definition) is 3. The molecule has 1 saturated heterocycles.